The maximum atomic E-state index is 11.5. The van der Waals surface area contributed by atoms with Crippen LogP contribution in [0.2, 0.25) is 0 Å². The number of rotatable bonds is 7. The molecule has 0 aliphatic carbocycles. The molecule has 1 heterocycles. The molecule has 16 heavy (non-hydrogen) atoms. The highest BCUT2D eigenvalue weighted by Gasteiger charge is 2.13. The number of hydrogen-bond acceptors (Lipinski definition) is 5. The van der Waals surface area contributed by atoms with Crippen molar-refractivity contribution in [3.63, 3.8) is 0 Å². The zero-order valence-corrected chi connectivity index (χ0v) is 9.96. The molecule has 0 aromatic carbocycles. The van der Waals surface area contributed by atoms with E-state index in [9.17, 15) is 8.42 Å². The first kappa shape index (κ1) is 13.1. The SMILES string of the molecule is Cc1cc(CS(=O)(=O)NCCCCO)no1. The van der Waals surface area contributed by atoms with Crippen LogP contribution < -0.4 is 4.72 Å². The Morgan fingerprint density at radius 3 is 2.81 bits per heavy atom. The van der Waals surface area contributed by atoms with Crippen molar-refractivity contribution in [2.24, 2.45) is 0 Å². The molecule has 0 spiro atoms. The molecule has 1 aromatic heterocycles. The largest absolute Gasteiger partial charge is 0.396 e. The van der Waals surface area contributed by atoms with Crippen molar-refractivity contribution in [2.75, 3.05) is 13.2 Å². The van der Waals surface area contributed by atoms with Crippen LogP contribution in [0.5, 0.6) is 0 Å². The van der Waals surface area contributed by atoms with E-state index in [0.717, 1.165) is 0 Å². The number of sulfonamides is 1. The average molecular weight is 248 g/mol. The summed E-state index contributed by atoms with van der Waals surface area (Å²) in [4.78, 5) is 0. The molecule has 1 rings (SSSR count). The van der Waals surface area contributed by atoms with Gasteiger partial charge in [0.25, 0.3) is 0 Å². The van der Waals surface area contributed by atoms with Gasteiger partial charge in [0.1, 0.15) is 17.2 Å². The minimum Gasteiger partial charge on any atom is -0.396 e. The molecule has 0 atom stereocenters. The van der Waals surface area contributed by atoms with Crippen LogP contribution in [0.15, 0.2) is 10.6 Å². The molecule has 0 aliphatic rings. The van der Waals surface area contributed by atoms with Crippen molar-refractivity contribution >= 4 is 10.0 Å². The van der Waals surface area contributed by atoms with Crippen LogP contribution >= 0.6 is 0 Å². The number of aliphatic hydroxyl groups excluding tert-OH is 1. The quantitative estimate of drug-likeness (QED) is 0.671. The van der Waals surface area contributed by atoms with Gasteiger partial charge in [-0.05, 0) is 19.8 Å². The summed E-state index contributed by atoms with van der Waals surface area (Å²) in [5, 5.41) is 12.1. The highest BCUT2D eigenvalue weighted by molar-refractivity contribution is 7.88. The van der Waals surface area contributed by atoms with Crippen LogP contribution in [-0.4, -0.2) is 31.8 Å². The highest BCUT2D eigenvalue weighted by atomic mass is 32.2. The van der Waals surface area contributed by atoms with Gasteiger partial charge in [-0.1, -0.05) is 5.16 Å². The summed E-state index contributed by atoms with van der Waals surface area (Å²) in [6.07, 6.45) is 1.21. The minimum absolute atomic E-state index is 0.0736. The molecule has 0 saturated heterocycles. The van der Waals surface area contributed by atoms with Crippen molar-refractivity contribution in [2.45, 2.75) is 25.5 Å². The number of nitrogens with one attached hydrogen (secondary N) is 1. The molecule has 0 fully saturated rings. The van der Waals surface area contributed by atoms with E-state index in [-0.39, 0.29) is 12.4 Å². The third-order valence-corrected chi connectivity index (χ3v) is 3.24. The lowest BCUT2D eigenvalue weighted by molar-refractivity contribution is 0.285. The summed E-state index contributed by atoms with van der Waals surface area (Å²) < 4.78 is 30.2. The Hall–Kier alpha value is -0.920. The van der Waals surface area contributed by atoms with Crippen molar-refractivity contribution < 1.29 is 18.0 Å². The van der Waals surface area contributed by atoms with Crippen molar-refractivity contribution in [1.29, 1.82) is 0 Å². The molecule has 92 valence electrons. The van der Waals surface area contributed by atoms with Crippen LogP contribution in [-0.2, 0) is 15.8 Å². The van der Waals surface area contributed by atoms with Gasteiger partial charge in [-0.2, -0.15) is 0 Å². The van der Waals surface area contributed by atoms with E-state index >= 15 is 0 Å². The first-order valence-electron chi connectivity index (χ1n) is 5.04. The lowest BCUT2D eigenvalue weighted by Gasteiger charge is -2.03. The Morgan fingerprint density at radius 2 is 2.25 bits per heavy atom. The maximum Gasteiger partial charge on any atom is 0.217 e. The van der Waals surface area contributed by atoms with E-state index in [2.05, 4.69) is 9.88 Å². The predicted molar refractivity (Wildman–Crippen MR) is 58.2 cm³/mol. The zero-order valence-electron chi connectivity index (χ0n) is 9.14. The fraction of sp³-hybridized carbons (Fsp3) is 0.667. The van der Waals surface area contributed by atoms with Crippen LogP contribution in [0.4, 0.5) is 0 Å². The van der Waals surface area contributed by atoms with Gasteiger partial charge in [0, 0.05) is 19.2 Å². The van der Waals surface area contributed by atoms with Gasteiger partial charge in [0.05, 0.1) is 0 Å². The van der Waals surface area contributed by atoms with Gasteiger partial charge >= 0.3 is 0 Å². The summed E-state index contributed by atoms with van der Waals surface area (Å²) in [6.45, 7) is 2.11. The number of aromatic nitrogens is 1. The topological polar surface area (TPSA) is 92.4 Å². The lowest BCUT2D eigenvalue weighted by Crippen LogP contribution is -2.26. The van der Waals surface area contributed by atoms with Crippen LogP contribution in [0.3, 0.4) is 0 Å². The van der Waals surface area contributed by atoms with E-state index in [1.165, 1.54) is 0 Å². The summed E-state index contributed by atoms with van der Waals surface area (Å²) in [7, 11) is -3.36. The van der Waals surface area contributed by atoms with Gasteiger partial charge in [0.2, 0.25) is 10.0 Å². The molecule has 0 bridgehead atoms. The van der Waals surface area contributed by atoms with Gasteiger partial charge in [-0.25, -0.2) is 13.1 Å². The predicted octanol–water partition coefficient (Wildman–Crippen LogP) is 0.175. The van der Waals surface area contributed by atoms with E-state index in [4.69, 9.17) is 9.63 Å². The molecule has 0 aliphatic heterocycles. The van der Waals surface area contributed by atoms with Crippen molar-refractivity contribution in [3.8, 4) is 0 Å². The Kier molecular flexibility index (Phi) is 4.91. The van der Waals surface area contributed by atoms with E-state index in [1.54, 1.807) is 13.0 Å². The fourth-order valence-corrected chi connectivity index (χ4v) is 2.28. The first-order valence-corrected chi connectivity index (χ1v) is 6.69. The Bertz CT molecular complexity index is 413. The molecule has 0 amide bonds. The lowest BCUT2D eigenvalue weighted by atomic mass is 10.3. The second kappa shape index (κ2) is 5.97. The molecule has 7 heteroatoms. The van der Waals surface area contributed by atoms with Crippen LogP contribution in [0, 0.1) is 6.92 Å². The van der Waals surface area contributed by atoms with Crippen LogP contribution in [0.25, 0.3) is 0 Å². The molecular formula is C9H16N2O4S. The number of hydrogen-bond donors (Lipinski definition) is 2. The van der Waals surface area contributed by atoms with Gasteiger partial charge in [-0.3, -0.25) is 0 Å². The van der Waals surface area contributed by atoms with E-state index in [1.807, 2.05) is 0 Å². The normalized spacial score (nSPS) is 11.9. The monoisotopic (exact) mass is 248 g/mol. The molecule has 1 aromatic rings. The number of aliphatic hydroxyl groups is 1. The minimum atomic E-state index is -3.36. The highest BCUT2D eigenvalue weighted by Crippen LogP contribution is 2.05. The maximum absolute atomic E-state index is 11.5. The van der Waals surface area contributed by atoms with E-state index in [0.29, 0.717) is 30.8 Å². The molecule has 0 unspecified atom stereocenters. The van der Waals surface area contributed by atoms with Gasteiger partial charge < -0.3 is 9.63 Å². The second-order valence-electron chi connectivity index (χ2n) is 3.51. The molecule has 0 saturated carbocycles. The third kappa shape index (κ3) is 4.73. The van der Waals surface area contributed by atoms with Crippen molar-refractivity contribution in [1.82, 2.24) is 9.88 Å². The molecule has 2 N–H and O–H groups in total. The summed E-state index contributed by atoms with van der Waals surface area (Å²) in [5.74, 6) is 0.411. The molecule has 0 radical (unpaired) electrons. The zero-order chi connectivity index (χ0) is 12.0. The first-order chi connectivity index (χ1) is 7.53. The Balaban J connectivity index is 2.40. The van der Waals surface area contributed by atoms with Crippen molar-refractivity contribution in [3.05, 3.63) is 17.5 Å². The standard InChI is InChI=1S/C9H16N2O4S/c1-8-6-9(11-15-8)7-16(13,14)10-4-2-3-5-12/h6,10,12H,2-5,7H2,1H3. The van der Waals surface area contributed by atoms with E-state index < -0.39 is 10.0 Å². The average Bonchev–Trinajstić information content (AvgIpc) is 2.58. The number of nitrogens with zero attached hydrogens (tertiary/aromatic N) is 1. The van der Waals surface area contributed by atoms with Gasteiger partial charge in [-0.15, -0.1) is 0 Å². The summed E-state index contributed by atoms with van der Waals surface area (Å²) >= 11 is 0. The Morgan fingerprint density at radius 1 is 1.50 bits per heavy atom. The Labute approximate surface area is 94.7 Å². The fourth-order valence-electron chi connectivity index (χ4n) is 1.20. The molecular weight excluding hydrogens is 232 g/mol. The third-order valence-electron chi connectivity index (χ3n) is 1.92. The number of unbranched alkanes of at least 4 members (excludes halogenated alkanes) is 1. The molecule has 6 nitrogen and oxygen atoms in total. The second-order valence-corrected chi connectivity index (χ2v) is 5.32. The van der Waals surface area contributed by atoms with Gasteiger partial charge in [0.15, 0.2) is 0 Å². The summed E-state index contributed by atoms with van der Waals surface area (Å²) in [6, 6.07) is 1.59. The number of aryl methyl sites for hydroxylation is 1. The van der Waals surface area contributed by atoms with Crippen LogP contribution in [0.1, 0.15) is 24.3 Å². The summed E-state index contributed by atoms with van der Waals surface area (Å²) in [5.41, 5.74) is 0.396. The smallest absolute Gasteiger partial charge is 0.217 e.